The molecule has 0 N–H and O–H groups in total. The number of aryl methyl sites for hydroxylation is 2. The van der Waals surface area contributed by atoms with E-state index in [4.69, 9.17) is 0 Å². The number of nitrogens with zero attached hydrogens (tertiary/aromatic N) is 3. The minimum atomic E-state index is 1.12. The van der Waals surface area contributed by atoms with Gasteiger partial charge in [0.2, 0.25) is 0 Å². The van der Waals surface area contributed by atoms with Crippen molar-refractivity contribution in [3.8, 4) is 22.5 Å². The highest BCUT2D eigenvalue weighted by Gasteiger charge is 2.09. The minimum Gasteiger partial charge on any atom is -0.324 e. The molecule has 24 heavy (non-hydrogen) atoms. The lowest BCUT2D eigenvalue weighted by molar-refractivity contribution is 1.05. The maximum Gasteiger partial charge on any atom is 0.0991 e. The Morgan fingerprint density at radius 2 is 1.29 bits per heavy atom. The van der Waals surface area contributed by atoms with Crippen LogP contribution in [0, 0.1) is 13.8 Å². The van der Waals surface area contributed by atoms with E-state index in [-0.39, 0.29) is 0 Å². The van der Waals surface area contributed by atoms with Gasteiger partial charge in [0.1, 0.15) is 0 Å². The third kappa shape index (κ3) is 2.54. The zero-order valence-electron chi connectivity index (χ0n) is 13.8. The summed E-state index contributed by atoms with van der Waals surface area (Å²) in [4.78, 5) is 4.15. The Morgan fingerprint density at radius 3 is 1.83 bits per heavy atom. The lowest BCUT2D eigenvalue weighted by atomic mass is 9.95. The van der Waals surface area contributed by atoms with E-state index in [9.17, 15) is 0 Å². The quantitative estimate of drug-likeness (QED) is 0.525. The summed E-state index contributed by atoms with van der Waals surface area (Å²) in [5.74, 6) is 0. The van der Waals surface area contributed by atoms with Crippen molar-refractivity contribution in [1.29, 1.82) is 0 Å². The summed E-state index contributed by atoms with van der Waals surface area (Å²) in [6.07, 6.45) is 9.75. The molecule has 3 nitrogen and oxygen atoms in total. The molecule has 4 aromatic rings. The minimum absolute atomic E-state index is 1.12. The van der Waals surface area contributed by atoms with Crippen LogP contribution in [0.2, 0.25) is 0 Å². The van der Waals surface area contributed by atoms with Crippen LogP contribution in [0.15, 0.2) is 79.6 Å². The van der Waals surface area contributed by atoms with Gasteiger partial charge in [0.25, 0.3) is 0 Å². The van der Waals surface area contributed by atoms with E-state index in [1.807, 2.05) is 29.2 Å². The summed E-state index contributed by atoms with van der Waals surface area (Å²) in [6, 6.07) is 17.2. The molecule has 0 fully saturated rings. The molecule has 0 spiro atoms. The zero-order valence-corrected chi connectivity index (χ0v) is 13.8. The molecule has 0 saturated carbocycles. The third-order valence-electron chi connectivity index (χ3n) is 4.44. The standard InChI is InChI=1S/C21H19N3/c1-16-5-7-18(23-10-3-4-11-23)13-20(16)21-14-19(8-6-17(21)2)24-12-9-22-15-24/h3-15H,1-2H3. The lowest BCUT2D eigenvalue weighted by Gasteiger charge is -2.14. The Balaban J connectivity index is 1.86. The molecule has 2 heterocycles. The predicted molar refractivity (Wildman–Crippen MR) is 97.8 cm³/mol. The average molecular weight is 313 g/mol. The zero-order chi connectivity index (χ0) is 16.5. The number of rotatable bonds is 3. The maximum absolute atomic E-state index is 4.15. The summed E-state index contributed by atoms with van der Waals surface area (Å²) >= 11 is 0. The monoisotopic (exact) mass is 313 g/mol. The van der Waals surface area contributed by atoms with E-state index in [2.05, 4.69) is 72.2 Å². The van der Waals surface area contributed by atoms with Gasteiger partial charge in [-0.25, -0.2) is 4.98 Å². The van der Waals surface area contributed by atoms with Gasteiger partial charge in [-0.2, -0.15) is 0 Å². The largest absolute Gasteiger partial charge is 0.324 e. The molecule has 118 valence electrons. The Bertz CT molecular complexity index is 883. The molecule has 0 unspecified atom stereocenters. The van der Waals surface area contributed by atoms with Crippen LogP contribution in [-0.4, -0.2) is 14.1 Å². The lowest BCUT2D eigenvalue weighted by Crippen LogP contribution is -1.96. The van der Waals surface area contributed by atoms with Crippen molar-refractivity contribution in [2.24, 2.45) is 0 Å². The van der Waals surface area contributed by atoms with Gasteiger partial charge in [0.15, 0.2) is 0 Å². The molecule has 2 aromatic heterocycles. The van der Waals surface area contributed by atoms with Crippen LogP contribution in [0.25, 0.3) is 22.5 Å². The number of benzene rings is 2. The summed E-state index contributed by atoms with van der Waals surface area (Å²) in [7, 11) is 0. The van der Waals surface area contributed by atoms with E-state index in [1.54, 1.807) is 6.20 Å². The van der Waals surface area contributed by atoms with Gasteiger partial charge in [-0.3, -0.25) is 0 Å². The highest BCUT2D eigenvalue weighted by Crippen LogP contribution is 2.30. The predicted octanol–water partition coefficient (Wildman–Crippen LogP) is 4.95. The Morgan fingerprint density at radius 1 is 0.708 bits per heavy atom. The molecule has 3 heteroatoms. The van der Waals surface area contributed by atoms with E-state index in [0.717, 1.165) is 5.69 Å². The van der Waals surface area contributed by atoms with Crippen molar-refractivity contribution in [1.82, 2.24) is 14.1 Å². The van der Waals surface area contributed by atoms with Crippen LogP contribution in [0.5, 0.6) is 0 Å². The highest BCUT2D eigenvalue weighted by atomic mass is 15.0. The van der Waals surface area contributed by atoms with E-state index in [1.165, 1.54) is 27.9 Å². The van der Waals surface area contributed by atoms with Gasteiger partial charge in [0, 0.05) is 36.2 Å². The molecule has 0 aliphatic carbocycles. The Hall–Kier alpha value is -3.07. The van der Waals surface area contributed by atoms with E-state index < -0.39 is 0 Å². The van der Waals surface area contributed by atoms with Crippen LogP contribution in [0.1, 0.15) is 11.1 Å². The van der Waals surface area contributed by atoms with Gasteiger partial charge in [-0.15, -0.1) is 0 Å². The molecule has 0 amide bonds. The van der Waals surface area contributed by atoms with Crippen LogP contribution < -0.4 is 0 Å². The number of hydrogen-bond acceptors (Lipinski definition) is 1. The second-order valence-corrected chi connectivity index (χ2v) is 6.06. The van der Waals surface area contributed by atoms with Crippen LogP contribution in [0.3, 0.4) is 0 Å². The second kappa shape index (κ2) is 5.85. The second-order valence-electron chi connectivity index (χ2n) is 6.06. The van der Waals surface area contributed by atoms with Gasteiger partial charge in [-0.1, -0.05) is 12.1 Å². The van der Waals surface area contributed by atoms with Crippen LogP contribution in [-0.2, 0) is 0 Å². The first-order valence-corrected chi connectivity index (χ1v) is 8.06. The molecule has 4 rings (SSSR count). The van der Waals surface area contributed by atoms with Gasteiger partial charge < -0.3 is 9.13 Å². The Kier molecular flexibility index (Phi) is 3.54. The van der Waals surface area contributed by atoms with E-state index in [0.29, 0.717) is 0 Å². The van der Waals surface area contributed by atoms with Crippen molar-refractivity contribution >= 4 is 0 Å². The Labute approximate surface area is 141 Å². The first-order chi connectivity index (χ1) is 11.7. The third-order valence-corrected chi connectivity index (χ3v) is 4.44. The number of imidazole rings is 1. The first-order valence-electron chi connectivity index (χ1n) is 8.06. The first kappa shape index (κ1) is 14.5. The van der Waals surface area contributed by atoms with Crippen molar-refractivity contribution in [3.05, 3.63) is 90.8 Å². The topological polar surface area (TPSA) is 22.8 Å². The molecule has 2 aromatic carbocycles. The van der Waals surface area contributed by atoms with E-state index >= 15 is 0 Å². The van der Waals surface area contributed by atoms with Crippen molar-refractivity contribution < 1.29 is 0 Å². The molecule has 0 aliphatic heterocycles. The van der Waals surface area contributed by atoms with Gasteiger partial charge in [-0.05, 0) is 72.5 Å². The normalized spacial score (nSPS) is 10.9. The number of hydrogen-bond donors (Lipinski definition) is 0. The van der Waals surface area contributed by atoms with Crippen molar-refractivity contribution in [2.75, 3.05) is 0 Å². The fourth-order valence-corrected chi connectivity index (χ4v) is 3.04. The molecular weight excluding hydrogens is 294 g/mol. The van der Waals surface area contributed by atoms with Crippen LogP contribution >= 0.6 is 0 Å². The van der Waals surface area contributed by atoms with Gasteiger partial charge >= 0.3 is 0 Å². The summed E-state index contributed by atoms with van der Waals surface area (Å²) in [5.41, 5.74) is 7.36. The average Bonchev–Trinajstić information content (AvgIpc) is 3.30. The smallest absolute Gasteiger partial charge is 0.0991 e. The van der Waals surface area contributed by atoms with Crippen LogP contribution in [0.4, 0.5) is 0 Å². The SMILES string of the molecule is Cc1ccc(-n2cccc2)cc1-c1cc(-n2ccnc2)ccc1C. The fourth-order valence-electron chi connectivity index (χ4n) is 3.04. The van der Waals surface area contributed by atoms with Crippen molar-refractivity contribution in [2.45, 2.75) is 13.8 Å². The summed E-state index contributed by atoms with van der Waals surface area (Å²) < 4.78 is 4.17. The summed E-state index contributed by atoms with van der Waals surface area (Å²) in [6.45, 7) is 4.33. The highest BCUT2D eigenvalue weighted by molar-refractivity contribution is 5.74. The maximum atomic E-state index is 4.15. The number of aromatic nitrogens is 3. The fraction of sp³-hybridized carbons (Fsp3) is 0.0952. The molecule has 0 atom stereocenters. The molecule has 0 aliphatic rings. The summed E-state index contributed by atoms with van der Waals surface area (Å²) in [5, 5.41) is 0. The van der Waals surface area contributed by atoms with Gasteiger partial charge in [0.05, 0.1) is 6.33 Å². The molecule has 0 radical (unpaired) electrons. The molecule has 0 saturated heterocycles. The van der Waals surface area contributed by atoms with Crippen molar-refractivity contribution in [3.63, 3.8) is 0 Å². The molecule has 0 bridgehead atoms. The molecular formula is C21H19N3.